The molecule has 5 nitrogen and oxygen atoms in total. The van der Waals surface area contributed by atoms with Crippen molar-refractivity contribution < 1.29 is 21.9 Å². The minimum absolute atomic E-state index is 0.0802. The van der Waals surface area contributed by atoms with E-state index in [0.717, 1.165) is 37.9 Å². The van der Waals surface area contributed by atoms with Crippen LogP contribution < -0.4 is 14.8 Å². The fraction of sp³-hybridized carbons (Fsp3) is 0.538. The van der Waals surface area contributed by atoms with Crippen molar-refractivity contribution in [3.8, 4) is 5.75 Å². The molecule has 0 aromatic heterocycles. The van der Waals surface area contributed by atoms with Crippen LogP contribution in [0.5, 0.6) is 5.75 Å². The van der Waals surface area contributed by atoms with E-state index in [0.29, 0.717) is 6.54 Å². The fourth-order valence-corrected chi connectivity index (χ4v) is 3.83. The molecule has 1 atom stereocenters. The Kier molecular flexibility index (Phi) is 5.96. The van der Waals surface area contributed by atoms with Crippen LogP contribution in [0.15, 0.2) is 23.1 Å². The third-order valence-corrected chi connectivity index (χ3v) is 5.11. The standard InChI is InChI=1S/C13H17ClF2N2O3S/c14-11-7-10(4-5-12(11)21-13(15)16)22(19,20)18-9-3-1-2-6-17-8-9/h4-5,7,9,13,17-18H,1-3,6,8H2. The van der Waals surface area contributed by atoms with E-state index in [9.17, 15) is 17.2 Å². The van der Waals surface area contributed by atoms with Crippen LogP contribution >= 0.6 is 11.6 Å². The van der Waals surface area contributed by atoms with Crippen molar-refractivity contribution in [2.45, 2.75) is 36.8 Å². The molecule has 1 aromatic carbocycles. The molecule has 1 aromatic rings. The molecule has 1 aliphatic rings. The largest absolute Gasteiger partial charge is 0.433 e. The number of rotatable bonds is 5. The molecule has 1 heterocycles. The van der Waals surface area contributed by atoms with Crippen LogP contribution in [-0.2, 0) is 10.0 Å². The zero-order valence-corrected chi connectivity index (χ0v) is 13.3. The van der Waals surface area contributed by atoms with Crippen molar-refractivity contribution >= 4 is 21.6 Å². The number of halogens is 3. The second kappa shape index (κ2) is 7.54. The first kappa shape index (κ1) is 17.4. The fourth-order valence-electron chi connectivity index (χ4n) is 2.25. The lowest BCUT2D eigenvalue weighted by Gasteiger charge is -2.17. The predicted octanol–water partition coefficient (Wildman–Crippen LogP) is 2.36. The highest BCUT2D eigenvalue weighted by Gasteiger charge is 2.22. The first-order valence-electron chi connectivity index (χ1n) is 6.86. The number of hydrogen-bond donors (Lipinski definition) is 2. The second-order valence-electron chi connectivity index (χ2n) is 4.99. The Balaban J connectivity index is 2.13. The molecule has 1 aliphatic heterocycles. The highest BCUT2D eigenvalue weighted by atomic mass is 35.5. The van der Waals surface area contributed by atoms with Gasteiger partial charge in [0.15, 0.2) is 0 Å². The molecular weight excluding hydrogens is 338 g/mol. The smallest absolute Gasteiger partial charge is 0.387 e. The number of ether oxygens (including phenoxy) is 1. The summed E-state index contributed by atoms with van der Waals surface area (Å²) in [5, 5.41) is 2.98. The van der Waals surface area contributed by atoms with Crippen LogP contribution in [0.4, 0.5) is 8.78 Å². The molecule has 22 heavy (non-hydrogen) atoms. The minimum Gasteiger partial charge on any atom is -0.433 e. The van der Waals surface area contributed by atoms with Gasteiger partial charge in [0.1, 0.15) is 5.75 Å². The summed E-state index contributed by atoms with van der Waals surface area (Å²) in [7, 11) is -3.76. The minimum atomic E-state index is -3.76. The quantitative estimate of drug-likeness (QED) is 0.851. The zero-order valence-electron chi connectivity index (χ0n) is 11.7. The Labute approximate surface area is 133 Å². The van der Waals surface area contributed by atoms with Gasteiger partial charge in [-0.15, -0.1) is 0 Å². The van der Waals surface area contributed by atoms with Crippen LogP contribution in [0.2, 0.25) is 5.02 Å². The molecule has 2 N–H and O–H groups in total. The van der Waals surface area contributed by atoms with Crippen LogP contribution in [0.1, 0.15) is 19.3 Å². The molecule has 124 valence electrons. The third kappa shape index (κ3) is 4.77. The van der Waals surface area contributed by atoms with E-state index in [4.69, 9.17) is 11.6 Å². The van der Waals surface area contributed by atoms with E-state index >= 15 is 0 Å². The van der Waals surface area contributed by atoms with Crippen molar-refractivity contribution in [3.63, 3.8) is 0 Å². The van der Waals surface area contributed by atoms with Gasteiger partial charge in [0, 0.05) is 12.6 Å². The summed E-state index contributed by atoms with van der Waals surface area (Å²) >= 11 is 5.79. The number of hydrogen-bond acceptors (Lipinski definition) is 4. The van der Waals surface area contributed by atoms with Crippen molar-refractivity contribution in [3.05, 3.63) is 23.2 Å². The molecule has 1 fully saturated rings. The summed E-state index contributed by atoms with van der Waals surface area (Å²) in [6.45, 7) is -1.60. The van der Waals surface area contributed by atoms with Gasteiger partial charge in [0.05, 0.1) is 9.92 Å². The third-order valence-electron chi connectivity index (χ3n) is 3.30. The lowest BCUT2D eigenvalue weighted by atomic mass is 10.2. The van der Waals surface area contributed by atoms with Crippen LogP contribution in [0.3, 0.4) is 0 Å². The molecule has 2 rings (SSSR count). The van der Waals surface area contributed by atoms with Crippen molar-refractivity contribution in [2.75, 3.05) is 13.1 Å². The number of nitrogens with one attached hydrogen (secondary N) is 2. The summed E-state index contributed by atoms with van der Waals surface area (Å²) in [6, 6.07) is 3.21. The lowest BCUT2D eigenvalue weighted by molar-refractivity contribution is -0.0498. The van der Waals surface area contributed by atoms with Gasteiger partial charge in [-0.25, -0.2) is 13.1 Å². The summed E-state index contributed by atoms with van der Waals surface area (Å²) < 4.78 is 55.7. The topological polar surface area (TPSA) is 67.4 Å². The van der Waals surface area contributed by atoms with Gasteiger partial charge < -0.3 is 10.1 Å². The summed E-state index contributed by atoms with van der Waals surface area (Å²) in [4.78, 5) is -0.0802. The van der Waals surface area contributed by atoms with E-state index < -0.39 is 16.6 Å². The first-order valence-corrected chi connectivity index (χ1v) is 8.72. The van der Waals surface area contributed by atoms with Gasteiger partial charge >= 0.3 is 6.61 Å². The highest BCUT2D eigenvalue weighted by molar-refractivity contribution is 7.89. The molecule has 0 amide bonds. The molecular formula is C13H17ClF2N2O3S. The van der Waals surface area contributed by atoms with Crippen molar-refractivity contribution in [2.24, 2.45) is 0 Å². The molecule has 0 radical (unpaired) electrons. The maximum Gasteiger partial charge on any atom is 0.387 e. The van der Waals surface area contributed by atoms with E-state index in [-0.39, 0.29) is 21.7 Å². The molecule has 0 aliphatic carbocycles. The van der Waals surface area contributed by atoms with Gasteiger partial charge in [-0.1, -0.05) is 18.0 Å². The molecule has 0 bridgehead atoms. The zero-order chi connectivity index (χ0) is 16.2. The van der Waals surface area contributed by atoms with Gasteiger partial charge in [0.2, 0.25) is 10.0 Å². The first-order chi connectivity index (χ1) is 10.4. The summed E-state index contributed by atoms with van der Waals surface area (Å²) in [5.41, 5.74) is 0. The normalized spacial score (nSPS) is 19.9. The van der Waals surface area contributed by atoms with Crippen molar-refractivity contribution in [1.82, 2.24) is 10.0 Å². The lowest BCUT2D eigenvalue weighted by Crippen LogP contribution is -2.40. The van der Waals surface area contributed by atoms with Gasteiger partial charge in [-0.05, 0) is 37.6 Å². The average Bonchev–Trinajstić information content (AvgIpc) is 2.68. The van der Waals surface area contributed by atoms with E-state index in [1.54, 1.807) is 0 Å². The van der Waals surface area contributed by atoms with E-state index in [1.807, 2.05) is 0 Å². The number of benzene rings is 1. The Hall–Kier alpha value is -0.960. The van der Waals surface area contributed by atoms with Crippen LogP contribution in [-0.4, -0.2) is 34.2 Å². The summed E-state index contributed by atoms with van der Waals surface area (Å²) in [6.07, 6.45) is 2.68. The maximum atomic E-state index is 12.3. The maximum absolute atomic E-state index is 12.3. The van der Waals surface area contributed by atoms with E-state index in [2.05, 4.69) is 14.8 Å². The Morgan fingerprint density at radius 2 is 2.14 bits per heavy atom. The Morgan fingerprint density at radius 3 is 2.82 bits per heavy atom. The van der Waals surface area contributed by atoms with Gasteiger partial charge in [0.25, 0.3) is 0 Å². The molecule has 0 spiro atoms. The average molecular weight is 355 g/mol. The summed E-state index contributed by atoms with van der Waals surface area (Å²) in [5.74, 6) is -0.258. The van der Waals surface area contributed by atoms with Gasteiger partial charge in [-0.3, -0.25) is 0 Å². The Morgan fingerprint density at radius 1 is 1.36 bits per heavy atom. The van der Waals surface area contributed by atoms with E-state index in [1.165, 1.54) is 6.07 Å². The monoisotopic (exact) mass is 354 g/mol. The number of sulfonamides is 1. The number of alkyl halides is 2. The molecule has 9 heteroatoms. The Bertz CT molecular complexity index is 605. The van der Waals surface area contributed by atoms with Gasteiger partial charge in [-0.2, -0.15) is 8.78 Å². The second-order valence-corrected chi connectivity index (χ2v) is 7.11. The molecule has 1 unspecified atom stereocenters. The van der Waals surface area contributed by atoms with Crippen LogP contribution in [0.25, 0.3) is 0 Å². The molecule has 0 saturated carbocycles. The predicted molar refractivity (Wildman–Crippen MR) is 78.9 cm³/mol. The molecule has 1 saturated heterocycles. The van der Waals surface area contributed by atoms with Crippen molar-refractivity contribution in [1.29, 1.82) is 0 Å². The SMILES string of the molecule is O=S(=O)(NC1CCCCNC1)c1ccc(OC(F)F)c(Cl)c1. The van der Waals surface area contributed by atoms with Crippen LogP contribution in [0, 0.1) is 0 Å². The highest BCUT2D eigenvalue weighted by Crippen LogP contribution is 2.28.